The van der Waals surface area contributed by atoms with E-state index in [9.17, 15) is 32.3 Å². The summed E-state index contributed by atoms with van der Waals surface area (Å²) in [5, 5.41) is 0. The summed E-state index contributed by atoms with van der Waals surface area (Å²) in [6.45, 7) is 2.61. The molecule has 0 radical (unpaired) electrons. The molecule has 0 unspecified atom stereocenters. The third kappa shape index (κ3) is 12.2. The number of esters is 4. The van der Waals surface area contributed by atoms with E-state index in [0.717, 1.165) is 51.8 Å². The summed E-state index contributed by atoms with van der Waals surface area (Å²) < 4.78 is 102. The van der Waals surface area contributed by atoms with Gasteiger partial charge in [-0.25, -0.2) is 4.79 Å². The Morgan fingerprint density at radius 2 is 1.25 bits per heavy atom. The number of aliphatic imine (C=N–C) groups is 1. The van der Waals surface area contributed by atoms with Gasteiger partial charge >= 0.3 is 30.1 Å². The predicted octanol–water partition coefficient (Wildman–Crippen LogP) is 4.74. The number of hydrogen-bond acceptors (Lipinski definition) is 15. The number of nitrogens with zero attached hydrogens (tertiary/aromatic N) is 1. The SMILES string of the molecule is COC(=O)[C@H]1O[C@H](OC)[C@H](OCc2ccccc2)[C@@H](OCc2ccccc2)[C@@H]1O[C@H]1O[C@H](COC(C)=O)[C@@H](OC(C)=O)[C@H](OC(C)=O)[C@H]1N=Cc1ccccc1C(F)(F)F. The molecule has 2 heterocycles. The van der Waals surface area contributed by atoms with Crippen molar-refractivity contribution in [3.8, 4) is 0 Å². The molecule has 2 aliphatic rings. The van der Waals surface area contributed by atoms with Gasteiger partial charge in [-0.2, -0.15) is 13.2 Å². The lowest BCUT2D eigenvalue weighted by Gasteiger charge is -2.48. The second kappa shape index (κ2) is 21.3. The first-order chi connectivity index (χ1) is 28.7. The standard InChI is InChI=1S/C42H46F3NO14/c1-24(47)53-23-31-33(56-25(2)48)34(57-26(3)49)32(46-20-29-18-12-13-19-30(29)42(43,44)45)40(58-31)59-36-35(54-21-27-14-8-6-9-15-27)38(55-22-28-16-10-7-11-17-28)41(52-5)60-37(36)39(50)51-4/h6-20,31-38,40-41H,21-23H2,1-5H3/t31-,32-,33-,34-,35+,36+,37+,38-,40-,41+/m1/s1. The van der Waals surface area contributed by atoms with Gasteiger partial charge in [0.2, 0.25) is 0 Å². The molecular formula is C42H46F3NO14. The third-order valence-electron chi connectivity index (χ3n) is 9.34. The number of hydrogen-bond donors (Lipinski definition) is 0. The van der Waals surface area contributed by atoms with Gasteiger partial charge in [-0.1, -0.05) is 78.9 Å². The molecule has 3 aromatic carbocycles. The Labute approximate surface area is 343 Å². The highest BCUT2D eigenvalue weighted by atomic mass is 19.4. The summed E-state index contributed by atoms with van der Waals surface area (Å²) in [6, 6.07) is 21.0. The van der Waals surface area contributed by atoms with Crippen LogP contribution >= 0.6 is 0 Å². The highest BCUT2D eigenvalue weighted by molar-refractivity contribution is 5.82. The molecule has 0 aromatic heterocycles. The van der Waals surface area contributed by atoms with Crippen LogP contribution in [0.25, 0.3) is 0 Å². The quantitative estimate of drug-likeness (QED) is 0.110. The average molecular weight is 846 g/mol. The summed E-state index contributed by atoms with van der Waals surface area (Å²) in [5.41, 5.74) is 0.0562. The molecule has 18 heteroatoms. The van der Waals surface area contributed by atoms with Crippen LogP contribution in [0.5, 0.6) is 0 Å². The van der Waals surface area contributed by atoms with Crippen LogP contribution < -0.4 is 0 Å². The number of rotatable bonds is 16. The summed E-state index contributed by atoms with van der Waals surface area (Å²) in [4.78, 5) is 55.2. The second-order valence-corrected chi connectivity index (χ2v) is 13.7. The fraction of sp³-hybridized carbons (Fsp3) is 0.452. The molecule has 0 N–H and O–H groups in total. The molecule has 2 aliphatic heterocycles. The zero-order valence-corrected chi connectivity index (χ0v) is 33.4. The van der Waals surface area contributed by atoms with Crippen LogP contribution in [0.3, 0.4) is 0 Å². The van der Waals surface area contributed by atoms with Crippen molar-refractivity contribution < 1.29 is 79.7 Å². The maximum atomic E-state index is 14.1. The minimum Gasteiger partial charge on any atom is -0.467 e. The second-order valence-electron chi connectivity index (χ2n) is 13.7. The molecule has 0 amide bonds. The molecule has 0 aliphatic carbocycles. The first-order valence-electron chi connectivity index (χ1n) is 18.7. The highest BCUT2D eigenvalue weighted by Crippen LogP contribution is 2.37. The molecule has 0 bridgehead atoms. The molecular weight excluding hydrogens is 799 g/mol. The van der Waals surface area contributed by atoms with Gasteiger partial charge in [0.1, 0.15) is 37.1 Å². The molecule has 0 saturated carbocycles. The van der Waals surface area contributed by atoms with E-state index in [2.05, 4.69) is 4.99 Å². The smallest absolute Gasteiger partial charge is 0.417 e. The van der Waals surface area contributed by atoms with Crippen LogP contribution in [0.2, 0.25) is 0 Å². The van der Waals surface area contributed by atoms with E-state index in [1.54, 1.807) is 24.3 Å². The fourth-order valence-corrected chi connectivity index (χ4v) is 6.70. The van der Waals surface area contributed by atoms with Crippen LogP contribution in [-0.4, -0.2) is 112 Å². The normalized spacial score (nSPS) is 26.9. The lowest BCUT2D eigenvalue weighted by molar-refractivity contribution is -0.348. The summed E-state index contributed by atoms with van der Waals surface area (Å²) in [5.74, 6) is -3.48. The monoisotopic (exact) mass is 845 g/mol. The van der Waals surface area contributed by atoms with E-state index in [0.29, 0.717) is 5.56 Å². The number of halogens is 3. The Hall–Kier alpha value is -5.24. The molecule has 5 rings (SSSR count). The van der Waals surface area contributed by atoms with Crippen LogP contribution in [0, 0.1) is 0 Å². The summed E-state index contributed by atoms with van der Waals surface area (Å²) in [6.07, 6.45) is -17.1. The van der Waals surface area contributed by atoms with Crippen molar-refractivity contribution in [1.29, 1.82) is 0 Å². The number of methoxy groups -OCH3 is 2. The molecule has 324 valence electrons. The Morgan fingerprint density at radius 1 is 0.683 bits per heavy atom. The minimum atomic E-state index is -4.80. The van der Waals surface area contributed by atoms with Crippen LogP contribution in [0.4, 0.5) is 13.2 Å². The van der Waals surface area contributed by atoms with E-state index >= 15 is 0 Å². The maximum Gasteiger partial charge on any atom is 0.417 e. The van der Waals surface area contributed by atoms with Crippen molar-refractivity contribution in [2.75, 3.05) is 20.8 Å². The first-order valence-corrected chi connectivity index (χ1v) is 18.7. The van der Waals surface area contributed by atoms with Crippen molar-refractivity contribution in [2.24, 2.45) is 4.99 Å². The van der Waals surface area contributed by atoms with Gasteiger partial charge in [0.15, 0.2) is 30.9 Å². The zero-order chi connectivity index (χ0) is 43.4. The number of carbonyl (C=O) groups excluding carboxylic acids is 4. The van der Waals surface area contributed by atoms with E-state index in [4.69, 9.17) is 47.4 Å². The lowest BCUT2D eigenvalue weighted by Crippen LogP contribution is -2.66. The van der Waals surface area contributed by atoms with Crippen molar-refractivity contribution in [1.82, 2.24) is 0 Å². The minimum absolute atomic E-state index is 0.0179. The van der Waals surface area contributed by atoms with Gasteiger partial charge in [-0.3, -0.25) is 19.4 Å². The van der Waals surface area contributed by atoms with Gasteiger partial charge in [0, 0.05) is 39.7 Å². The zero-order valence-electron chi connectivity index (χ0n) is 33.4. The predicted molar refractivity (Wildman–Crippen MR) is 202 cm³/mol. The molecule has 60 heavy (non-hydrogen) atoms. The Morgan fingerprint density at radius 3 is 1.80 bits per heavy atom. The van der Waals surface area contributed by atoms with Gasteiger partial charge in [0.25, 0.3) is 0 Å². The number of carbonyl (C=O) groups is 4. The van der Waals surface area contributed by atoms with Gasteiger partial charge in [-0.05, 0) is 17.2 Å². The summed E-state index contributed by atoms with van der Waals surface area (Å²) in [7, 11) is 2.44. The molecule has 3 aromatic rings. The largest absolute Gasteiger partial charge is 0.467 e. The number of alkyl halides is 3. The van der Waals surface area contributed by atoms with E-state index < -0.39 is 104 Å². The van der Waals surface area contributed by atoms with Crippen molar-refractivity contribution >= 4 is 30.1 Å². The van der Waals surface area contributed by atoms with Crippen LogP contribution in [0.15, 0.2) is 89.9 Å². The molecule has 2 fully saturated rings. The molecule has 0 spiro atoms. The van der Waals surface area contributed by atoms with E-state index in [-0.39, 0.29) is 18.8 Å². The summed E-state index contributed by atoms with van der Waals surface area (Å²) >= 11 is 0. The van der Waals surface area contributed by atoms with Gasteiger partial charge < -0.3 is 47.4 Å². The highest BCUT2D eigenvalue weighted by Gasteiger charge is 2.57. The Balaban J connectivity index is 1.65. The van der Waals surface area contributed by atoms with Crippen LogP contribution in [-0.2, 0) is 85.9 Å². The number of benzene rings is 3. The molecule has 10 atom stereocenters. The van der Waals surface area contributed by atoms with E-state index in [1.165, 1.54) is 19.2 Å². The molecule has 2 saturated heterocycles. The number of ether oxygens (including phenoxy) is 10. The first kappa shape index (κ1) is 45.8. The average Bonchev–Trinajstić information content (AvgIpc) is 3.22. The van der Waals surface area contributed by atoms with E-state index in [1.807, 2.05) is 36.4 Å². The van der Waals surface area contributed by atoms with Crippen molar-refractivity contribution in [2.45, 2.75) is 102 Å². The maximum absolute atomic E-state index is 14.1. The van der Waals surface area contributed by atoms with Crippen molar-refractivity contribution in [3.05, 3.63) is 107 Å². The van der Waals surface area contributed by atoms with Gasteiger partial charge in [0.05, 0.1) is 25.9 Å². The fourth-order valence-electron chi connectivity index (χ4n) is 6.70. The lowest BCUT2D eigenvalue weighted by atomic mass is 9.94. The van der Waals surface area contributed by atoms with Crippen molar-refractivity contribution in [3.63, 3.8) is 0 Å². The topological polar surface area (TPSA) is 173 Å². The Bertz CT molecular complexity index is 1920. The molecule has 15 nitrogen and oxygen atoms in total. The third-order valence-corrected chi connectivity index (χ3v) is 9.34. The van der Waals surface area contributed by atoms with Crippen LogP contribution in [0.1, 0.15) is 43.0 Å². The Kier molecular flexibility index (Phi) is 16.3. The van der Waals surface area contributed by atoms with Gasteiger partial charge in [-0.15, -0.1) is 0 Å².